The van der Waals surface area contributed by atoms with Crippen molar-refractivity contribution in [2.24, 2.45) is 17.6 Å². The summed E-state index contributed by atoms with van der Waals surface area (Å²) in [5.41, 5.74) is 6.88. The van der Waals surface area contributed by atoms with Crippen molar-refractivity contribution in [3.63, 3.8) is 0 Å². The number of nitrogens with two attached hydrogens (primary N) is 1. The predicted octanol–water partition coefficient (Wildman–Crippen LogP) is 3.95. The molecule has 162 valence electrons. The van der Waals surface area contributed by atoms with E-state index >= 15 is 0 Å². The number of halogens is 2. The molecule has 1 saturated heterocycles. The number of hydrogen-bond donors (Lipinski definition) is 1. The molecule has 1 heterocycles. The highest BCUT2D eigenvalue weighted by atomic mass is 35.5. The summed E-state index contributed by atoms with van der Waals surface area (Å²) in [5, 5.41) is 0. The van der Waals surface area contributed by atoms with Gasteiger partial charge in [0.25, 0.3) is 0 Å². The Morgan fingerprint density at radius 1 is 1.14 bits per heavy atom. The smallest absolute Gasteiger partial charge is 0.323 e. The number of rotatable bonds is 4. The van der Waals surface area contributed by atoms with E-state index in [2.05, 4.69) is 0 Å². The Bertz CT molecular complexity index is 678. The van der Waals surface area contributed by atoms with Gasteiger partial charge in [-0.2, -0.15) is 0 Å². The second-order valence-electron chi connectivity index (χ2n) is 8.15. The monoisotopic (exact) mass is 427 g/mol. The summed E-state index contributed by atoms with van der Waals surface area (Å²) in [5.74, 6) is -1.02. The summed E-state index contributed by atoms with van der Waals surface area (Å²) in [6.45, 7) is 1.76. The van der Waals surface area contributed by atoms with E-state index in [1.165, 1.54) is 12.1 Å². The van der Waals surface area contributed by atoms with Crippen LogP contribution < -0.4 is 5.73 Å². The summed E-state index contributed by atoms with van der Waals surface area (Å²) in [6.07, 6.45) is 5.35. The van der Waals surface area contributed by atoms with Crippen molar-refractivity contribution in [1.82, 2.24) is 0 Å². The lowest BCUT2D eigenvalue weighted by Crippen LogP contribution is -2.42. The van der Waals surface area contributed by atoms with E-state index < -0.39 is 24.2 Å². The number of hydrogen-bond acceptors (Lipinski definition) is 5. The second kappa shape index (κ2) is 10.9. The molecule has 1 aliphatic carbocycles. The predicted molar refractivity (Wildman–Crippen MR) is 110 cm³/mol. The molecule has 1 saturated carbocycles. The molecule has 2 aliphatic rings. The van der Waals surface area contributed by atoms with E-state index in [-0.39, 0.29) is 36.0 Å². The van der Waals surface area contributed by atoms with Crippen molar-refractivity contribution in [3.05, 3.63) is 35.6 Å². The molecule has 1 aliphatic heterocycles. The number of esters is 2. The molecule has 2 fully saturated rings. The van der Waals surface area contributed by atoms with Crippen LogP contribution in [0.2, 0.25) is 0 Å². The summed E-state index contributed by atoms with van der Waals surface area (Å²) < 4.78 is 24.8. The normalized spacial score (nSPS) is 28.4. The van der Waals surface area contributed by atoms with E-state index in [9.17, 15) is 14.0 Å². The van der Waals surface area contributed by atoms with Gasteiger partial charge in [-0.1, -0.05) is 31.4 Å². The van der Waals surface area contributed by atoms with Crippen LogP contribution in [0.25, 0.3) is 0 Å². The van der Waals surface area contributed by atoms with Crippen LogP contribution in [-0.4, -0.2) is 30.2 Å². The SMILES string of the molecule is C[C@@H]1OC(=O)[C@@H](N)CCC[C@H](Cc2ccc(F)cc2)[C@H]1OC(=O)C1CCCC1.Cl. The fourth-order valence-electron chi connectivity index (χ4n) is 4.33. The quantitative estimate of drug-likeness (QED) is 0.736. The average molecular weight is 428 g/mol. The fourth-order valence-corrected chi connectivity index (χ4v) is 4.33. The van der Waals surface area contributed by atoms with Crippen LogP contribution in [0.4, 0.5) is 4.39 Å². The topological polar surface area (TPSA) is 78.6 Å². The molecule has 0 unspecified atom stereocenters. The molecule has 4 atom stereocenters. The Kier molecular flexibility index (Phi) is 8.90. The number of benzene rings is 1. The first kappa shape index (κ1) is 23.6. The molecule has 3 rings (SSSR count). The average Bonchev–Trinajstić information content (AvgIpc) is 3.21. The van der Waals surface area contributed by atoms with Gasteiger partial charge in [0.15, 0.2) is 0 Å². The number of carbonyl (C=O) groups is 2. The molecule has 1 aromatic carbocycles. The van der Waals surface area contributed by atoms with Crippen LogP contribution in [-0.2, 0) is 25.5 Å². The largest absolute Gasteiger partial charge is 0.458 e. The van der Waals surface area contributed by atoms with Crippen LogP contribution in [0, 0.1) is 17.7 Å². The van der Waals surface area contributed by atoms with E-state index in [1.807, 2.05) is 0 Å². The molecule has 0 amide bonds. The Labute approximate surface area is 177 Å². The van der Waals surface area contributed by atoms with Gasteiger partial charge in [0.2, 0.25) is 0 Å². The minimum absolute atomic E-state index is 0. The van der Waals surface area contributed by atoms with Crippen LogP contribution in [0.15, 0.2) is 24.3 Å². The van der Waals surface area contributed by atoms with Gasteiger partial charge in [0.05, 0.1) is 5.92 Å². The Hall–Kier alpha value is -1.66. The molecule has 29 heavy (non-hydrogen) atoms. The van der Waals surface area contributed by atoms with Crippen molar-refractivity contribution in [1.29, 1.82) is 0 Å². The van der Waals surface area contributed by atoms with Gasteiger partial charge in [-0.25, -0.2) is 4.39 Å². The summed E-state index contributed by atoms with van der Waals surface area (Å²) >= 11 is 0. The van der Waals surface area contributed by atoms with Gasteiger partial charge < -0.3 is 15.2 Å². The van der Waals surface area contributed by atoms with Crippen LogP contribution in [0.5, 0.6) is 0 Å². The molecule has 5 nitrogen and oxygen atoms in total. The minimum atomic E-state index is -0.654. The molecule has 0 bridgehead atoms. The van der Waals surface area contributed by atoms with Crippen LogP contribution in [0.1, 0.15) is 57.4 Å². The molecule has 0 aromatic heterocycles. The maximum atomic E-state index is 13.3. The van der Waals surface area contributed by atoms with Crippen LogP contribution in [0.3, 0.4) is 0 Å². The summed E-state index contributed by atoms with van der Waals surface area (Å²) in [7, 11) is 0. The van der Waals surface area contributed by atoms with E-state index in [4.69, 9.17) is 15.2 Å². The second-order valence-corrected chi connectivity index (χ2v) is 8.15. The first-order valence-electron chi connectivity index (χ1n) is 10.3. The van der Waals surface area contributed by atoms with Crippen molar-refractivity contribution in [2.45, 2.75) is 76.5 Å². The summed E-state index contributed by atoms with van der Waals surface area (Å²) in [4.78, 5) is 24.9. The van der Waals surface area contributed by atoms with E-state index in [1.54, 1.807) is 19.1 Å². The number of carbonyl (C=O) groups excluding carboxylic acids is 2. The van der Waals surface area contributed by atoms with Gasteiger partial charge in [-0.3, -0.25) is 9.59 Å². The van der Waals surface area contributed by atoms with Gasteiger partial charge in [-0.15, -0.1) is 12.4 Å². The van der Waals surface area contributed by atoms with Crippen molar-refractivity contribution in [2.75, 3.05) is 0 Å². The van der Waals surface area contributed by atoms with Gasteiger partial charge in [0.1, 0.15) is 24.1 Å². The van der Waals surface area contributed by atoms with Crippen molar-refractivity contribution < 1.29 is 23.5 Å². The van der Waals surface area contributed by atoms with Crippen molar-refractivity contribution >= 4 is 24.3 Å². The first-order chi connectivity index (χ1) is 13.4. The number of ether oxygens (including phenoxy) is 2. The minimum Gasteiger partial charge on any atom is -0.458 e. The molecule has 1 aromatic rings. The highest BCUT2D eigenvalue weighted by Crippen LogP contribution is 2.31. The molecular weight excluding hydrogens is 397 g/mol. The lowest BCUT2D eigenvalue weighted by Gasteiger charge is -2.31. The molecule has 0 radical (unpaired) electrons. The van der Waals surface area contributed by atoms with E-state index in [0.717, 1.165) is 44.1 Å². The zero-order chi connectivity index (χ0) is 20.1. The fraction of sp³-hybridized carbons (Fsp3) is 0.636. The standard InChI is InChI=1S/C22H30FNO4.ClH/c1-14-20(28-21(25)16-5-2-3-6-16)17(7-4-8-19(24)22(26)27-14)13-15-9-11-18(23)12-10-15;/h9-12,14,16-17,19-20H,2-8,13,24H2,1H3;1H/t14-,17+,19-,20-;/m0./s1. The summed E-state index contributed by atoms with van der Waals surface area (Å²) in [6, 6.07) is 5.71. The molecule has 0 spiro atoms. The first-order valence-corrected chi connectivity index (χ1v) is 10.3. The third kappa shape index (κ3) is 6.41. The highest BCUT2D eigenvalue weighted by Gasteiger charge is 2.37. The Balaban J connectivity index is 0.00000300. The van der Waals surface area contributed by atoms with E-state index in [0.29, 0.717) is 12.8 Å². The highest BCUT2D eigenvalue weighted by molar-refractivity contribution is 5.85. The zero-order valence-electron chi connectivity index (χ0n) is 16.8. The Morgan fingerprint density at radius 3 is 2.45 bits per heavy atom. The lowest BCUT2D eigenvalue weighted by atomic mass is 9.86. The van der Waals surface area contributed by atoms with Gasteiger partial charge in [0, 0.05) is 5.92 Å². The molecule has 2 N–H and O–H groups in total. The lowest BCUT2D eigenvalue weighted by molar-refractivity contribution is -0.174. The maximum absolute atomic E-state index is 13.3. The van der Waals surface area contributed by atoms with Gasteiger partial charge in [-0.05, 0) is 56.7 Å². The van der Waals surface area contributed by atoms with Gasteiger partial charge >= 0.3 is 11.9 Å². The Morgan fingerprint density at radius 2 is 1.79 bits per heavy atom. The number of cyclic esters (lactones) is 1. The zero-order valence-corrected chi connectivity index (χ0v) is 17.7. The third-order valence-corrected chi connectivity index (χ3v) is 5.97. The third-order valence-electron chi connectivity index (χ3n) is 5.97. The maximum Gasteiger partial charge on any atom is 0.323 e. The molecular formula is C22H31ClFNO4. The van der Waals surface area contributed by atoms with Crippen LogP contribution >= 0.6 is 12.4 Å². The molecule has 7 heteroatoms. The van der Waals surface area contributed by atoms with Crippen molar-refractivity contribution in [3.8, 4) is 0 Å².